The van der Waals surface area contributed by atoms with Gasteiger partial charge in [0, 0.05) is 13.3 Å². The van der Waals surface area contributed by atoms with Crippen LogP contribution in [0.25, 0.3) is 0 Å². The molecule has 0 aromatic rings. The smallest absolute Gasteiger partial charge is 0.109 e. The first-order valence-corrected chi connectivity index (χ1v) is 1.80. The number of rotatable bonds is 1. The minimum Gasteiger partial charge on any atom is -0.277 e. The summed E-state index contributed by atoms with van der Waals surface area (Å²) >= 11 is 0. The van der Waals surface area contributed by atoms with Gasteiger partial charge in [0.2, 0.25) is 0 Å². The number of hydrogen-bond acceptors (Lipinski definition) is 1. The van der Waals surface area contributed by atoms with Crippen LogP contribution in [0.1, 0.15) is 6.92 Å². The molecular weight excluding hydrogens is 104 g/mol. The van der Waals surface area contributed by atoms with Crippen molar-refractivity contribution in [2.45, 2.75) is 6.92 Å². The Balaban J connectivity index is 0. The van der Waals surface area contributed by atoms with Gasteiger partial charge in [-0.05, 0) is 17.9 Å². The summed E-state index contributed by atoms with van der Waals surface area (Å²) in [5.74, 6) is 0. The third-order valence-corrected chi connectivity index (χ3v) is 0.331. The molecule has 0 aromatic carbocycles. The van der Waals surface area contributed by atoms with E-state index in [-0.39, 0.29) is 11.0 Å². The largest absolute Gasteiger partial charge is 0.277 e. The third kappa shape index (κ3) is 10.8. The lowest BCUT2D eigenvalue weighted by Crippen LogP contribution is -1.61. The lowest BCUT2D eigenvalue weighted by molar-refractivity contribution is 1.45. The summed E-state index contributed by atoms with van der Waals surface area (Å²) in [4.78, 5) is 7.28. The van der Waals surface area contributed by atoms with Crippen molar-refractivity contribution >= 4 is 23.5 Å². The average molecular weight is 116 g/mol. The second-order valence-corrected chi connectivity index (χ2v) is 0.781. The predicted octanol–water partition coefficient (Wildman–Crippen LogP) is -0.716. The van der Waals surface area contributed by atoms with Gasteiger partial charge in [0.15, 0.2) is 0 Å². The molecular formula is C4H12N2Si. The Labute approximate surface area is 48.4 Å². The van der Waals surface area contributed by atoms with Gasteiger partial charge in [-0.1, -0.05) is 0 Å². The van der Waals surface area contributed by atoms with Crippen molar-refractivity contribution in [2.24, 2.45) is 9.98 Å². The fourth-order valence-corrected chi connectivity index (χ4v) is 0.133. The quantitative estimate of drug-likeness (QED) is 0.245. The molecule has 3 heteroatoms. The van der Waals surface area contributed by atoms with Crippen molar-refractivity contribution in [1.29, 1.82) is 0 Å². The van der Waals surface area contributed by atoms with E-state index in [0.717, 1.165) is 0 Å². The van der Waals surface area contributed by atoms with Gasteiger partial charge in [0.25, 0.3) is 0 Å². The first-order valence-electron chi connectivity index (χ1n) is 1.80. The monoisotopic (exact) mass is 116 g/mol. The van der Waals surface area contributed by atoms with E-state index in [1.807, 2.05) is 6.92 Å². The fraction of sp³-hybridized carbons (Fsp3) is 0.500. The molecule has 0 N–H and O–H groups in total. The van der Waals surface area contributed by atoms with E-state index in [9.17, 15) is 0 Å². The lowest BCUT2D eigenvalue weighted by atomic mass is 10.9. The van der Waals surface area contributed by atoms with Crippen LogP contribution >= 0.6 is 0 Å². The standard InChI is InChI=1S/C4H8N2.H4Si/c1-3-6-4-5-2;/h3-4H,1-2H3;1H4. The molecule has 0 aliphatic heterocycles. The highest BCUT2D eigenvalue weighted by molar-refractivity contribution is 5.75. The van der Waals surface area contributed by atoms with Crippen LogP contribution in [-0.2, 0) is 0 Å². The average Bonchev–Trinajstić information content (AvgIpc) is 1.61. The molecule has 42 valence electrons. The fourth-order valence-electron chi connectivity index (χ4n) is 0.133. The summed E-state index contributed by atoms with van der Waals surface area (Å²) in [6, 6.07) is 0. The Hall–Kier alpha value is -0.443. The second-order valence-electron chi connectivity index (χ2n) is 0.781. The van der Waals surface area contributed by atoms with Crippen molar-refractivity contribution in [3.63, 3.8) is 0 Å². The van der Waals surface area contributed by atoms with Gasteiger partial charge in [-0.3, -0.25) is 9.98 Å². The van der Waals surface area contributed by atoms with Crippen molar-refractivity contribution in [3.05, 3.63) is 0 Å². The van der Waals surface area contributed by atoms with E-state index in [4.69, 9.17) is 0 Å². The van der Waals surface area contributed by atoms with E-state index in [0.29, 0.717) is 0 Å². The molecule has 0 aromatic heterocycles. The molecule has 0 saturated carbocycles. The van der Waals surface area contributed by atoms with Gasteiger partial charge in [-0.2, -0.15) is 0 Å². The zero-order chi connectivity index (χ0) is 4.83. The third-order valence-electron chi connectivity index (χ3n) is 0.331. The van der Waals surface area contributed by atoms with Crippen molar-refractivity contribution in [3.8, 4) is 0 Å². The van der Waals surface area contributed by atoms with Crippen molar-refractivity contribution in [1.82, 2.24) is 0 Å². The Morgan fingerprint density at radius 3 is 2.14 bits per heavy atom. The number of nitrogens with zero attached hydrogens (tertiary/aromatic N) is 2. The molecule has 0 atom stereocenters. The topological polar surface area (TPSA) is 24.7 Å². The summed E-state index contributed by atoms with van der Waals surface area (Å²) in [5, 5.41) is 0. The van der Waals surface area contributed by atoms with Crippen LogP contribution in [0.3, 0.4) is 0 Å². The zero-order valence-corrected chi connectivity index (χ0v) is 4.05. The van der Waals surface area contributed by atoms with Crippen LogP contribution in [0, 0.1) is 0 Å². The van der Waals surface area contributed by atoms with Crippen molar-refractivity contribution in [2.75, 3.05) is 7.05 Å². The normalized spacial score (nSPS) is 10.0. The van der Waals surface area contributed by atoms with Gasteiger partial charge < -0.3 is 0 Å². The molecule has 0 bridgehead atoms. The second kappa shape index (κ2) is 9.12. The Morgan fingerprint density at radius 2 is 2.00 bits per heavy atom. The molecule has 0 saturated heterocycles. The van der Waals surface area contributed by atoms with Crippen molar-refractivity contribution < 1.29 is 0 Å². The zero-order valence-electron chi connectivity index (χ0n) is 4.05. The Morgan fingerprint density at radius 1 is 1.43 bits per heavy atom. The summed E-state index contributed by atoms with van der Waals surface area (Å²) in [6.07, 6.45) is 3.19. The van der Waals surface area contributed by atoms with Crippen LogP contribution in [0.15, 0.2) is 9.98 Å². The van der Waals surface area contributed by atoms with Gasteiger partial charge in [0.05, 0.1) is 0 Å². The van der Waals surface area contributed by atoms with E-state index in [2.05, 4.69) is 9.98 Å². The molecule has 0 rings (SSSR count). The first kappa shape index (κ1) is 9.75. The highest BCUT2D eigenvalue weighted by atomic mass is 28.1. The van der Waals surface area contributed by atoms with Gasteiger partial charge in [-0.25, -0.2) is 0 Å². The molecule has 2 nitrogen and oxygen atoms in total. The van der Waals surface area contributed by atoms with Gasteiger partial charge >= 0.3 is 0 Å². The van der Waals surface area contributed by atoms with E-state index < -0.39 is 0 Å². The van der Waals surface area contributed by atoms with Crippen LogP contribution in [-0.4, -0.2) is 30.6 Å². The van der Waals surface area contributed by atoms with E-state index in [1.54, 1.807) is 13.3 Å². The van der Waals surface area contributed by atoms with Gasteiger partial charge in [0.1, 0.15) is 6.34 Å². The summed E-state index contributed by atoms with van der Waals surface area (Å²) in [5.41, 5.74) is 0. The molecule has 0 fully saturated rings. The van der Waals surface area contributed by atoms with Crippen LogP contribution in [0.5, 0.6) is 0 Å². The van der Waals surface area contributed by atoms with E-state index in [1.165, 1.54) is 6.34 Å². The molecule has 0 heterocycles. The van der Waals surface area contributed by atoms with E-state index >= 15 is 0 Å². The molecule has 0 aliphatic carbocycles. The maximum absolute atomic E-state index is 3.67. The van der Waals surface area contributed by atoms with Crippen LogP contribution < -0.4 is 0 Å². The van der Waals surface area contributed by atoms with Crippen LogP contribution in [0.2, 0.25) is 0 Å². The Bertz CT molecular complexity index is 58.1. The molecule has 0 spiro atoms. The molecule has 7 heavy (non-hydrogen) atoms. The number of hydrogen-bond donors (Lipinski definition) is 0. The van der Waals surface area contributed by atoms with Gasteiger partial charge in [-0.15, -0.1) is 0 Å². The first-order chi connectivity index (χ1) is 2.91. The Kier molecular flexibility index (Phi) is 12.7. The highest BCUT2D eigenvalue weighted by Crippen LogP contribution is 1.53. The molecule has 0 radical (unpaired) electrons. The summed E-state index contributed by atoms with van der Waals surface area (Å²) < 4.78 is 0. The summed E-state index contributed by atoms with van der Waals surface area (Å²) in [7, 11) is 1.69. The molecule has 0 aliphatic rings. The predicted molar refractivity (Wildman–Crippen MR) is 39.9 cm³/mol. The van der Waals surface area contributed by atoms with Crippen LogP contribution in [0.4, 0.5) is 0 Å². The summed E-state index contributed by atoms with van der Waals surface area (Å²) in [6.45, 7) is 1.85. The molecule has 0 amide bonds. The number of aliphatic imine (C=N–C) groups is 2. The SMILES string of the molecule is CC=NC=NC.[SiH4]. The molecule has 0 unspecified atom stereocenters. The lowest BCUT2D eigenvalue weighted by Gasteiger charge is -1.64. The highest BCUT2D eigenvalue weighted by Gasteiger charge is 1.48. The maximum atomic E-state index is 3.67. The maximum Gasteiger partial charge on any atom is 0.109 e. The minimum absolute atomic E-state index is 0. The minimum atomic E-state index is 0.